The van der Waals surface area contributed by atoms with Gasteiger partial charge in [-0.25, -0.2) is 31.1 Å². The summed E-state index contributed by atoms with van der Waals surface area (Å²) in [6, 6.07) is -0.998. The quantitative estimate of drug-likeness (QED) is 0.0937. The van der Waals surface area contributed by atoms with E-state index in [9.17, 15) is 58.3 Å². The normalized spacial score (nSPS) is 17.2. The fraction of sp³-hybridized carbons (Fsp3) is 0.469. The number of aromatic hydroxyl groups is 1. The molecule has 2 aliphatic heterocycles. The van der Waals surface area contributed by atoms with E-state index in [0.29, 0.717) is 26.0 Å². The maximum Gasteiger partial charge on any atom is 0.328 e. The van der Waals surface area contributed by atoms with Crippen molar-refractivity contribution in [2.45, 2.75) is 64.5 Å². The fourth-order valence-corrected chi connectivity index (χ4v) is 4.40. The Hall–Kier alpha value is -4.57. The maximum atomic E-state index is 13.4. The van der Waals surface area contributed by atoms with Crippen LogP contribution in [-0.2, 0) is 19.1 Å². The van der Waals surface area contributed by atoms with Gasteiger partial charge in [0.25, 0.3) is 0 Å². The molecule has 286 valence electrons. The van der Waals surface area contributed by atoms with Crippen molar-refractivity contribution >= 4 is 17.9 Å². The average molecular weight is 752 g/mol. The molecule has 0 spiro atoms. The number of ether oxygens (including phenoxy) is 2. The van der Waals surface area contributed by atoms with Crippen LogP contribution in [0.2, 0.25) is 0 Å². The Morgan fingerprint density at radius 1 is 0.725 bits per heavy atom. The molecule has 2 aliphatic rings. The van der Waals surface area contributed by atoms with Crippen LogP contribution in [0.5, 0.6) is 11.5 Å². The molecule has 0 aromatic heterocycles. The molecule has 2 fully saturated rings. The van der Waals surface area contributed by atoms with E-state index in [0.717, 1.165) is 32.2 Å². The van der Waals surface area contributed by atoms with E-state index in [1.807, 2.05) is 11.9 Å². The van der Waals surface area contributed by atoms with Crippen LogP contribution >= 0.6 is 0 Å². The minimum Gasteiger partial charge on any atom is -0.503 e. The lowest BCUT2D eigenvalue weighted by molar-refractivity contribution is -0.144. The van der Waals surface area contributed by atoms with Crippen LogP contribution in [0.15, 0.2) is 0 Å². The molecular weight excluding hydrogens is 714 g/mol. The molecule has 4 rings (SSSR count). The molecule has 2 atom stereocenters. The number of phenols is 1. The predicted molar refractivity (Wildman–Crippen MR) is 160 cm³/mol. The number of terminal acetylenes is 1. The maximum absolute atomic E-state index is 13.4. The van der Waals surface area contributed by atoms with Gasteiger partial charge in [0, 0.05) is 6.92 Å². The number of likely N-dealkylation sites (tertiary alicyclic amines) is 2. The molecule has 19 heteroatoms. The van der Waals surface area contributed by atoms with Gasteiger partial charge in [0.05, 0.1) is 6.61 Å². The number of carboxylic acids is 1. The second kappa shape index (κ2) is 22.3. The highest BCUT2D eigenvalue weighted by Crippen LogP contribution is 2.30. The molecule has 2 aromatic rings. The van der Waals surface area contributed by atoms with Crippen LogP contribution < -0.4 is 4.74 Å². The number of likely N-dealkylation sites (N-methyl/N-ethyl adjacent to an activating group) is 2. The number of carbonyl (C=O) groups excluding carboxylic acids is 2. The zero-order valence-corrected chi connectivity index (χ0v) is 27.7. The predicted octanol–water partition coefficient (Wildman–Crippen LogP) is 6.23. The molecule has 0 amide bonds. The number of hydrogen-bond acceptors (Lipinski definition) is 8. The van der Waals surface area contributed by atoms with Crippen molar-refractivity contribution in [2.24, 2.45) is 0 Å². The average Bonchev–Trinajstić information content (AvgIpc) is 3.10. The van der Waals surface area contributed by atoms with E-state index in [2.05, 4.69) is 15.9 Å². The van der Waals surface area contributed by atoms with Gasteiger partial charge in [-0.15, -0.1) is 12.8 Å². The summed E-state index contributed by atoms with van der Waals surface area (Å²) in [5.41, 5.74) is 0. The van der Waals surface area contributed by atoms with Crippen molar-refractivity contribution in [1.82, 2.24) is 9.80 Å². The lowest BCUT2D eigenvalue weighted by atomic mass is 10.0. The first kappa shape index (κ1) is 44.5. The Morgan fingerprint density at radius 3 is 1.37 bits per heavy atom. The highest BCUT2D eigenvalue weighted by atomic mass is 19.2. The molecule has 2 N–H and O–H groups in total. The number of benzene rings is 2. The Bertz CT molecular complexity index is 1450. The minimum atomic E-state index is -2.29. The third kappa shape index (κ3) is 13.2. The van der Waals surface area contributed by atoms with Gasteiger partial charge in [-0.05, 0) is 59.8 Å². The van der Waals surface area contributed by atoms with E-state index in [1.165, 1.54) is 13.3 Å². The summed E-state index contributed by atoms with van der Waals surface area (Å²) < 4.78 is 141. The second-order valence-electron chi connectivity index (χ2n) is 10.5. The molecule has 2 aromatic carbocycles. The van der Waals surface area contributed by atoms with Crippen molar-refractivity contribution in [3.63, 3.8) is 0 Å². The number of hydrogen-bond donors (Lipinski definition) is 2. The zero-order chi connectivity index (χ0) is 40.5. The number of halogens is 10. The van der Waals surface area contributed by atoms with E-state index < -0.39 is 87.7 Å². The van der Waals surface area contributed by atoms with Gasteiger partial charge in [-0.2, -0.15) is 17.6 Å². The van der Waals surface area contributed by atoms with Gasteiger partial charge < -0.3 is 19.7 Å². The first-order valence-corrected chi connectivity index (χ1v) is 14.8. The van der Waals surface area contributed by atoms with E-state index in [1.54, 1.807) is 18.9 Å². The van der Waals surface area contributed by atoms with Crippen molar-refractivity contribution in [2.75, 3.05) is 33.8 Å². The van der Waals surface area contributed by atoms with Gasteiger partial charge in [-0.1, -0.05) is 12.8 Å². The number of carboxylic acid groups (broad SMARTS) is 1. The third-order valence-electron chi connectivity index (χ3n) is 7.00. The number of piperidine rings is 2. The highest BCUT2D eigenvalue weighted by molar-refractivity contribution is 5.78. The molecular formula is C32H36F10N2O7. The monoisotopic (exact) mass is 751 g/mol. The first-order valence-electron chi connectivity index (χ1n) is 15.3. The molecule has 2 heterocycles. The standard InChI is InChI=1S/C13H12F5NO2.C7H13NO2.C6HF5O.C4H8O2.C2H2/c1-19-5-3-2-4-6(19)13(20)21-12-10(17)8(15)7(14)9(16)11(12)18;1-8-5-3-2-4-6(8)7(9)10;7-1-2(8)4(10)6(12)5(11)3(1)9;1-3-6-4(2)5;1-2/h6H,2-5H2,1H3;6H,2-5H2,1H3,(H,9,10);12H;3H2,1-2H3;1-2H/i;;;;1D. The van der Waals surface area contributed by atoms with E-state index in [-0.39, 0.29) is 12.0 Å². The summed E-state index contributed by atoms with van der Waals surface area (Å²) in [6.07, 6.45) is 10.7. The van der Waals surface area contributed by atoms with Gasteiger partial charge >= 0.3 is 17.9 Å². The number of carbonyl (C=O) groups is 3. The molecule has 0 bridgehead atoms. The van der Waals surface area contributed by atoms with Gasteiger partial charge in [0.1, 0.15) is 13.5 Å². The van der Waals surface area contributed by atoms with Crippen molar-refractivity contribution in [3.8, 4) is 24.3 Å². The van der Waals surface area contributed by atoms with Crippen LogP contribution in [0.3, 0.4) is 0 Å². The second-order valence-corrected chi connectivity index (χ2v) is 10.5. The van der Waals surface area contributed by atoms with Crippen LogP contribution in [0.25, 0.3) is 0 Å². The topological polar surface area (TPSA) is 117 Å². The Morgan fingerprint density at radius 2 is 1.08 bits per heavy atom. The van der Waals surface area contributed by atoms with Crippen LogP contribution in [0, 0.1) is 71.0 Å². The molecule has 2 saturated heterocycles. The van der Waals surface area contributed by atoms with E-state index >= 15 is 0 Å². The number of nitrogens with zero attached hydrogens (tertiary/aromatic N) is 2. The third-order valence-corrected chi connectivity index (χ3v) is 7.00. The van der Waals surface area contributed by atoms with Crippen LogP contribution in [0.4, 0.5) is 43.9 Å². The molecule has 0 aliphatic carbocycles. The zero-order valence-electron chi connectivity index (χ0n) is 28.7. The molecule has 0 saturated carbocycles. The summed E-state index contributed by atoms with van der Waals surface area (Å²) in [5.74, 6) is -27.3. The van der Waals surface area contributed by atoms with Crippen molar-refractivity contribution < 1.29 is 79.3 Å². The van der Waals surface area contributed by atoms with Gasteiger partial charge in [0.2, 0.25) is 63.9 Å². The van der Waals surface area contributed by atoms with E-state index in [4.69, 9.17) is 11.6 Å². The number of rotatable bonds is 4. The molecule has 2 unspecified atom stereocenters. The summed E-state index contributed by atoms with van der Waals surface area (Å²) in [5, 5.41) is 17.0. The molecule has 9 nitrogen and oxygen atoms in total. The SMILES string of the molecule is CCOC(C)=O.CN1CCCCC1C(=O)O.CN1CCCCC1C(=O)Oc1c(F)c(F)c(F)c(F)c1F.Oc1c(F)c(F)c(F)c(F)c1F.[2H]C#C. The fourth-order valence-electron chi connectivity index (χ4n) is 4.40. The number of aliphatic carboxylic acids is 1. The van der Waals surface area contributed by atoms with Crippen LogP contribution in [-0.4, -0.2) is 83.8 Å². The van der Waals surface area contributed by atoms with Crippen molar-refractivity contribution in [1.29, 1.82) is 0 Å². The van der Waals surface area contributed by atoms with Crippen molar-refractivity contribution in [3.05, 3.63) is 58.2 Å². The summed E-state index contributed by atoms with van der Waals surface area (Å²) in [4.78, 5) is 35.7. The first-order chi connectivity index (χ1) is 24.2. The number of phenolic OH excluding ortho intramolecular Hbond substituents is 1. The van der Waals surface area contributed by atoms with Gasteiger partial charge in [-0.3, -0.25) is 19.4 Å². The lowest BCUT2D eigenvalue weighted by Crippen LogP contribution is -2.44. The Kier molecular flexibility index (Phi) is 19.4. The minimum absolute atomic E-state index is 0.211. The Labute approximate surface area is 288 Å². The lowest BCUT2D eigenvalue weighted by Gasteiger charge is -2.30. The molecule has 51 heavy (non-hydrogen) atoms. The molecule has 0 radical (unpaired) electrons. The smallest absolute Gasteiger partial charge is 0.328 e. The summed E-state index contributed by atoms with van der Waals surface area (Å²) in [6.45, 7) is 5.16. The summed E-state index contributed by atoms with van der Waals surface area (Å²) in [7, 11) is 3.49. The highest BCUT2D eigenvalue weighted by Gasteiger charge is 2.33. The number of esters is 2. The summed E-state index contributed by atoms with van der Waals surface area (Å²) >= 11 is 0. The Balaban J connectivity index is 0.000000713. The largest absolute Gasteiger partial charge is 0.503 e. The van der Waals surface area contributed by atoms with Gasteiger partial charge in [0.15, 0.2) is 5.75 Å². The van der Waals surface area contributed by atoms with Crippen LogP contribution in [0.1, 0.15) is 53.7 Å².